The van der Waals surface area contributed by atoms with E-state index in [1.54, 1.807) is 6.92 Å². The Morgan fingerprint density at radius 3 is 2.94 bits per heavy atom. The molecule has 6 heteroatoms. The minimum atomic E-state index is -0.358. The highest BCUT2D eigenvalue weighted by molar-refractivity contribution is 5.91. The summed E-state index contributed by atoms with van der Waals surface area (Å²) in [6, 6.07) is 2.61. The molecule has 1 heterocycles. The summed E-state index contributed by atoms with van der Waals surface area (Å²) in [5.74, 6) is -0.332. The molecule has 0 aromatic carbocycles. The number of aromatic amines is 1. The molecule has 1 aromatic rings. The van der Waals surface area contributed by atoms with Gasteiger partial charge in [-0.05, 0) is 25.8 Å². The second kappa shape index (κ2) is 6.02. The molecule has 16 heavy (non-hydrogen) atoms. The van der Waals surface area contributed by atoms with Crippen LogP contribution in [0.4, 0.5) is 0 Å². The number of nitrogens with one attached hydrogen (secondary N) is 2. The molecule has 1 rings (SSSR count). The Morgan fingerprint density at radius 2 is 2.38 bits per heavy atom. The van der Waals surface area contributed by atoms with Crippen LogP contribution in [0, 0.1) is 0 Å². The number of carbonyl (C=O) groups excluding carboxylic acids is 1. The largest absolute Gasteiger partial charge is 0.393 e. The van der Waals surface area contributed by atoms with Crippen molar-refractivity contribution < 1.29 is 9.90 Å². The van der Waals surface area contributed by atoms with Crippen LogP contribution in [-0.2, 0) is 0 Å². The minimum absolute atomic E-state index is 0.177. The van der Waals surface area contributed by atoms with E-state index in [1.807, 2.05) is 0 Å². The highest BCUT2D eigenvalue weighted by Crippen LogP contribution is 1.94. The molecule has 0 bridgehead atoms. The van der Waals surface area contributed by atoms with Gasteiger partial charge in [0, 0.05) is 12.6 Å². The highest BCUT2D eigenvalue weighted by Gasteiger charge is 2.06. The summed E-state index contributed by atoms with van der Waals surface area (Å²) in [4.78, 5) is 22.1. The number of nitrogens with zero attached hydrogens (tertiary/aromatic N) is 1. The van der Waals surface area contributed by atoms with Crippen LogP contribution in [0.25, 0.3) is 0 Å². The standard InChI is InChI=1S/C10H15N3O3/c1-7(14)3-2-6-11-10(16)8-4-5-9(15)13-12-8/h4-5,7,14H,2-3,6H2,1H3,(H,11,16)(H,13,15). The number of hydrogen-bond donors (Lipinski definition) is 3. The van der Waals surface area contributed by atoms with Crippen LogP contribution in [0.3, 0.4) is 0 Å². The number of aliphatic hydroxyl groups is 1. The zero-order valence-corrected chi connectivity index (χ0v) is 9.06. The van der Waals surface area contributed by atoms with Gasteiger partial charge >= 0.3 is 0 Å². The van der Waals surface area contributed by atoms with Gasteiger partial charge in [-0.2, -0.15) is 5.10 Å². The summed E-state index contributed by atoms with van der Waals surface area (Å²) in [5.41, 5.74) is -0.165. The van der Waals surface area contributed by atoms with Crippen molar-refractivity contribution in [2.75, 3.05) is 6.54 Å². The summed E-state index contributed by atoms with van der Waals surface area (Å²) < 4.78 is 0. The number of carbonyl (C=O) groups is 1. The lowest BCUT2D eigenvalue weighted by atomic mass is 10.2. The molecule has 1 unspecified atom stereocenters. The third-order valence-electron chi connectivity index (χ3n) is 2.00. The average Bonchev–Trinajstić information content (AvgIpc) is 2.25. The van der Waals surface area contributed by atoms with Crippen LogP contribution in [0.5, 0.6) is 0 Å². The van der Waals surface area contributed by atoms with Crippen molar-refractivity contribution >= 4 is 5.91 Å². The fourth-order valence-corrected chi connectivity index (χ4v) is 1.16. The Hall–Kier alpha value is -1.69. The number of aromatic nitrogens is 2. The maximum Gasteiger partial charge on any atom is 0.271 e. The van der Waals surface area contributed by atoms with Crippen molar-refractivity contribution in [3.05, 3.63) is 28.2 Å². The molecule has 0 radical (unpaired) electrons. The lowest BCUT2D eigenvalue weighted by Gasteiger charge is -2.05. The molecule has 1 amide bonds. The van der Waals surface area contributed by atoms with E-state index in [0.717, 1.165) is 0 Å². The molecule has 0 saturated carbocycles. The molecule has 0 aliphatic rings. The second-order valence-electron chi connectivity index (χ2n) is 3.55. The highest BCUT2D eigenvalue weighted by atomic mass is 16.3. The molecule has 0 aliphatic heterocycles. The van der Waals surface area contributed by atoms with Gasteiger partial charge in [0.1, 0.15) is 5.69 Å². The van der Waals surface area contributed by atoms with E-state index < -0.39 is 0 Å². The first-order valence-electron chi connectivity index (χ1n) is 5.11. The van der Waals surface area contributed by atoms with E-state index in [9.17, 15) is 9.59 Å². The molecule has 6 nitrogen and oxygen atoms in total. The summed E-state index contributed by atoms with van der Waals surface area (Å²) in [6.45, 7) is 2.18. The molecular formula is C10H15N3O3. The van der Waals surface area contributed by atoms with E-state index in [0.29, 0.717) is 19.4 Å². The quantitative estimate of drug-likeness (QED) is 0.597. The first kappa shape index (κ1) is 12.4. The van der Waals surface area contributed by atoms with Crippen molar-refractivity contribution in [3.8, 4) is 0 Å². The van der Waals surface area contributed by atoms with Crippen LogP contribution in [0.1, 0.15) is 30.3 Å². The SMILES string of the molecule is CC(O)CCCNC(=O)c1ccc(=O)[nH]n1. The maximum atomic E-state index is 11.4. The van der Waals surface area contributed by atoms with E-state index in [-0.39, 0.29) is 23.3 Å². The lowest BCUT2D eigenvalue weighted by Crippen LogP contribution is -2.27. The fourth-order valence-electron chi connectivity index (χ4n) is 1.16. The Morgan fingerprint density at radius 1 is 1.62 bits per heavy atom. The predicted molar refractivity (Wildman–Crippen MR) is 58.1 cm³/mol. The molecule has 0 spiro atoms. The van der Waals surface area contributed by atoms with Crippen LogP contribution in [0.2, 0.25) is 0 Å². The van der Waals surface area contributed by atoms with E-state index in [1.165, 1.54) is 12.1 Å². The number of amides is 1. The zero-order chi connectivity index (χ0) is 12.0. The Labute approximate surface area is 92.7 Å². The van der Waals surface area contributed by atoms with Gasteiger partial charge in [-0.25, -0.2) is 5.10 Å². The summed E-state index contributed by atoms with van der Waals surface area (Å²) in [7, 11) is 0. The first-order chi connectivity index (χ1) is 7.59. The van der Waals surface area contributed by atoms with Crippen molar-refractivity contribution in [2.45, 2.75) is 25.9 Å². The van der Waals surface area contributed by atoms with Gasteiger partial charge in [0.25, 0.3) is 11.5 Å². The van der Waals surface area contributed by atoms with Gasteiger partial charge in [0.2, 0.25) is 0 Å². The third-order valence-corrected chi connectivity index (χ3v) is 2.00. The maximum absolute atomic E-state index is 11.4. The molecular weight excluding hydrogens is 210 g/mol. The average molecular weight is 225 g/mol. The fraction of sp³-hybridized carbons (Fsp3) is 0.500. The molecule has 3 N–H and O–H groups in total. The minimum Gasteiger partial charge on any atom is -0.393 e. The van der Waals surface area contributed by atoms with Gasteiger partial charge in [0.15, 0.2) is 0 Å². The Bertz CT molecular complexity index is 380. The molecule has 0 saturated heterocycles. The van der Waals surface area contributed by atoms with Crippen LogP contribution in [0.15, 0.2) is 16.9 Å². The first-order valence-corrected chi connectivity index (χ1v) is 5.11. The third kappa shape index (κ3) is 4.22. The van der Waals surface area contributed by atoms with E-state index in [2.05, 4.69) is 15.5 Å². The zero-order valence-electron chi connectivity index (χ0n) is 9.06. The topological polar surface area (TPSA) is 95.1 Å². The van der Waals surface area contributed by atoms with Crippen molar-refractivity contribution in [1.82, 2.24) is 15.5 Å². The molecule has 1 aromatic heterocycles. The second-order valence-corrected chi connectivity index (χ2v) is 3.55. The van der Waals surface area contributed by atoms with Crippen molar-refractivity contribution in [2.24, 2.45) is 0 Å². The van der Waals surface area contributed by atoms with Crippen LogP contribution in [-0.4, -0.2) is 33.9 Å². The summed E-state index contributed by atoms with van der Waals surface area (Å²) in [6.07, 6.45) is 0.981. The number of hydrogen-bond acceptors (Lipinski definition) is 4. The van der Waals surface area contributed by atoms with Crippen LogP contribution >= 0.6 is 0 Å². The Kier molecular flexibility index (Phi) is 4.65. The normalized spacial score (nSPS) is 12.1. The molecule has 0 aliphatic carbocycles. The monoisotopic (exact) mass is 225 g/mol. The number of aliphatic hydroxyl groups excluding tert-OH is 1. The van der Waals surface area contributed by atoms with Gasteiger partial charge in [-0.3, -0.25) is 9.59 Å². The van der Waals surface area contributed by atoms with Gasteiger partial charge < -0.3 is 10.4 Å². The summed E-state index contributed by atoms with van der Waals surface area (Å²) in [5, 5.41) is 17.4. The predicted octanol–water partition coefficient (Wildman–Crippen LogP) is -0.339. The molecule has 88 valence electrons. The van der Waals surface area contributed by atoms with Crippen LogP contribution < -0.4 is 10.9 Å². The van der Waals surface area contributed by atoms with E-state index >= 15 is 0 Å². The smallest absolute Gasteiger partial charge is 0.271 e. The molecule has 1 atom stereocenters. The Balaban J connectivity index is 2.35. The lowest BCUT2D eigenvalue weighted by molar-refractivity contribution is 0.0943. The van der Waals surface area contributed by atoms with E-state index in [4.69, 9.17) is 5.11 Å². The van der Waals surface area contributed by atoms with Gasteiger partial charge in [0.05, 0.1) is 6.10 Å². The molecule has 0 fully saturated rings. The van der Waals surface area contributed by atoms with Crippen molar-refractivity contribution in [1.29, 1.82) is 0 Å². The van der Waals surface area contributed by atoms with Gasteiger partial charge in [-0.15, -0.1) is 0 Å². The number of H-pyrrole nitrogens is 1. The summed E-state index contributed by atoms with van der Waals surface area (Å²) >= 11 is 0. The van der Waals surface area contributed by atoms with Crippen molar-refractivity contribution in [3.63, 3.8) is 0 Å². The number of rotatable bonds is 5. The van der Waals surface area contributed by atoms with Gasteiger partial charge in [-0.1, -0.05) is 0 Å².